The van der Waals surface area contributed by atoms with E-state index in [1.165, 1.54) is 37.7 Å². The van der Waals surface area contributed by atoms with Gasteiger partial charge in [0.05, 0.1) is 12.2 Å². The molecular formula is C19H29NO2. The molecular weight excluding hydrogens is 274 g/mol. The maximum atomic E-state index is 9.29. The minimum atomic E-state index is 0.112. The second-order valence-corrected chi connectivity index (χ2v) is 7.07. The van der Waals surface area contributed by atoms with Crippen LogP contribution in [0.5, 0.6) is 0 Å². The van der Waals surface area contributed by atoms with Gasteiger partial charge in [0.25, 0.3) is 0 Å². The predicted octanol–water partition coefficient (Wildman–Crippen LogP) is 3.71. The highest BCUT2D eigenvalue weighted by molar-refractivity contribution is 5.25. The van der Waals surface area contributed by atoms with Crippen molar-refractivity contribution in [3.8, 4) is 0 Å². The van der Waals surface area contributed by atoms with Gasteiger partial charge in [-0.2, -0.15) is 0 Å². The lowest BCUT2D eigenvalue weighted by Crippen LogP contribution is -2.48. The smallest absolute Gasteiger partial charge is 0.0697 e. The van der Waals surface area contributed by atoms with Crippen LogP contribution in [0.25, 0.3) is 0 Å². The van der Waals surface area contributed by atoms with Gasteiger partial charge in [-0.15, -0.1) is 0 Å². The zero-order valence-electron chi connectivity index (χ0n) is 13.7. The fraction of sp³-hybridized carbons (Fsp3) is 0.684. The van der Waals surface area contributed by atoms with Crippen LogP contribution in [0, 0.1) is 0 Å². The summed E-state index contributed by atoms with van der Waals surface area (Å²) in [5.74, 6) is 0. The Labute approximate surface area is 134 Å². The van der Waals surface area contributed by atoms with Crippen molar-refractivity contribution < 1.29 is 9.84 Å². The van der Waals surface area contributed by atoms with Gasteiger partial charge in [-0.25, -0.2) is 0 Å². The third kappa shape index (κ3) is 3.70. The Morgan fingerprint density at radius 3 is 2.91 bits per heavy atom. The summed E-state index contributed by atoms with van der Waals surface area (Å²) < 4.78 is 6.19. The van der Waals surface area contributed by atoms with E-state index in [0.29, 0.717) is 12.1 Å². The van der Waals surface area contributed by atoms with Crippen LogP contribution in [0.3, 0.4) is 0 Å². The second kappa shape index (κ2) is 7.12. The molecule has 1 aliphatic heterocycles. The van der Waals surface area contributed by atoms with Crippen molar-refractivity contribution in [1.29, 1.82) is 0 Å². The van der Waals surface area contributed by atoms with Crippen LogP contribution < -0.4 is 5.32 Å². The molecule has 3 rings (SSSR count). The van der Waals surface area contributed by atoms with Gasteiger partial charge in [-0.3, -0.25) is 0 Å². The van der Waals surface area contributed by atoms with Crippen molar-refractivity contribution in [2.75, 3.05) is 6.61 Å². The highest BCUT2D eigenvalue weighted by atomic mass is 16.5. The number of hydrogen-bond donors (Lipinski definition) is 2. The Balaban J connectivity index is 1.61. The molecule has 1 spiro atoms. The van der Waals surface area contributed by atoms with E-state index in [2.05, 4.69) is 24.4 Å². The number of hydrogen-bond acceptors (Lipinski definition) is 3. The van der Waals surface area contributed by atoms with Gasteiger partial charge in [0.15, 0.2) is 0 Å². The van der Waals surface area contributed by atoms with E-state index in [1.807, 2.05) is 12.1 Å². The molecule has 1 aromatic carbocycles. The summed E-state index contributed by atoms with van der Waals surface area (Å²) in [4.78, 5) is 0. The van der Waals surface area contributed by atoms with Crippen molar-refractivity contribution in [3.05, 3.63) is 35.4 Å². The Morgan fingerprint density at radius 1 is 1.32 bits per heavy atom. The van der Waals surface area contributed by atoms with Crippen LogP contribution in [0.1, 0.15) is 69.0 Å². The summed E-state index contributed by atoms with van der Waals surface area (Å²) in [5, 5.41) is 13.1. The number of rotatable bonds is 4. The van der Waals surface area contributed by atoms with Crippen LogP contribution in [0.2, 0.25) is 0 Å². The van der Waals surface area contributed by atoms with E-state index >= 15 is 0 Å². The molecule has 2 aliphatic rings. The molecule has 0 radical (unpaired) electrons. The van der Waals surface area contributed by atoms with Crippen LogP contribution >= 0.6 is 0 Å². The lowest BCUT2D eigenvalue weighted by Gasteiger charge is -2.44. The monoisotopic (exact) mass is 303 g/mol. The molecule has 22 heavy (non-hydrogen) atoms. The summed E-state index contributed by atoms with van der Waals surface area (Å²) in [6.07, 6.45) is 8.73. The molecule has 2 N–H and O–H groups in total. The molecule has 2 fully saturated rings. The minimum absolute atomic E-state index is 0.112. The molecule has 0 aromatic heterocycles. The Morgan fingerprint density at radius 2 is 2.14 bits per heavy atom. The van der Waals surface area contributed by atoms with Crippen molar-refractivity contribution in [1.82, 2.24) is 5.32 Å². The van der Waals surface area contributed by atoms with Gasteiger partial charge < -0.3 is 15.2 Å². The van der Waals surface area contributed by atoms with E-state index < -0.39 is 0 Å². The van der Waals surface area contributed by atoms with E-state index in [9.17, 15) is 5.11 Å². The topological polar surface area (TPSA) is 41.5 Å². The van der Waals surface area contributed by atoms with Gasteiger partial charge in [0, 0.05) is 18.7 Å². The molecule has 1 saturated heterocycles. The second-order valence-electron chi connectivity index (χ2n) is 7.07. The van der Waals surface area contributed by atoms with E-state index in [0.717, 1.165) is 25.0 Å². The van der Waals surface area contributed by atoms with Crippen molar-refractivity contribution in [2.24, 2.45) is 0 Å². The van der Waals surface area contributed by atoms with Crippen molar-refractivity contribution >= 4 is 0 Å². The SMILES string of the molecule is CC(NC1CCOC2(CCCCC2)C1)c1cccc(CO)c1. The number of nitrogens with one attached hydrogen (secondary N) is 1. The average Bonchev–Trinajstić information content (AvgIpc) is 2.55. The van der Waals surface area contributed by atoms with Crippen molar-refractivity contribution in [2.45, 2.75) is 76.2 Å². The van der Waals surface area contributed by atoms with Crippen LogP contribution in [0.4, 0.5) is 0 Å². The molecule has 1 aromatic rings. The summed E-state index contributed by atoms with van der Waals surface area (Å²) >= 11 is 0. The molecule has 1 aliphatic carbocycles. The molecule has 1 heterocycles. The number of aliphatic hydroxyl groups excluding tert-OH is 1. The van der Waals surface area contributed by atoms with E-state index in [4.69, 9.17) is 4.74 Å². The summed E-state index contributed by atoms with van der Waals surface area (Å²) in [6.45, 7) is 3.22. The van der Waals surface area contributed by atoms with E-state index in [1.54, 1.807) is 0 Å². The van der Waals surface area contributed by atoms with Gasteiger partial charge in [-0.05, 0) is 43.7 Å². The highest BCUT2D eigenvalue weighted by Crippen LogP contribution is 2.39. The highest BCUT2D eigenvalue weighted by Gasteiger charge is 2.38. The zero-order chi connectivity index (χ0) is 15.4. The maximum Gasteiger partial charge on any atom is 0.0697 e. The van der Waals surface area contributed by atoms with Crippen LogP contribution in [-0.2, 0) is 11.3 Å². The zero-order valence-corrected chi connectivity index (χ0v) is 13.7. The standard InChI is InChI=1S/C19H29NO2/c1-15(17-7-5-6-16(12-17)14-21)20-18-8-11-22-19(13-18)9-3-2-4-10-19/h5-7,12,15,18,20-21H,2-4,8-11,13-14H2,1H3. The van der Waals surface area contributed by atoms with Gasteiger partial charge >= 0.3 is 0 Å². The van der Waals surface area contributed by atoms with E-state index in [-0.39, 0.29) is 12.2 Å². The maximum absolute atomic E-state index is 9.29. The minimum Gasteiger partial charge on any atom is -0.392 e. The summed E-state index contributed by atoms with van der Waals surface area (Å²) in [5.41, 5.74) is 2.40. The molecule has 0 bridgehead atoms. The number of ether oxygens (including phenoxy) is 1. The number of benzene rings is 1. The van der Waals surface area contributed by atoms with Gasteiger partial charge in [-0.1, -0.05) is 43.5 Å². The summed E-state index contributed by atoms with van der Waals surface area (Å²) in [6, 6.07) is 9.11. The summed E-state index contributed by atoms with van der Waals surface area (Å²) in [7, 11) is 0. The van der Waals surface area contributed by atoms with Crippen LogP contribution in [0.15, 0.2) is 24.3 Å². The largest absolute Gasteiger partial charge is 0.392 e. The predicted molar refractivity (Wildman–Crippen MR) is 88.7 cm³/mol. The quantitative estimate of drug-likeness (QED) is 0.891. The van der Waals surface area contributed by atoms with Gasteiger partial charge in [0.1, 0.15) is 0 Å². The lowest BCUT2D eigenvalue weighted by atomic mass is 9.78. The van der Waals surface area contributed by atoms with Crippen molar-refractivity contribution in [3.63, 3.8) is 0 Å². The number of aliphatic hydroxyl groups is 1. The molecule has 1 saturated carbocycles. The Kier molecular flexibility index (Phi) is 5.17. The first-order chi connectivity index (χ1) is 10.7. The first kappa shape index (κ1) is 16.0. The molecule has 2 unspecified atom stereocenters. The third-order valence-electron chi connectivity index (χ3n) is 5.38. The average molecular weight is 303 g/mol. The molecule has 122 valence electrons. The molecule has 2 atom stereocenters. The third-order valence-corrected chi connectivity index (χ3v) is 5.38. The normalized spacial score (nSPS) is 26.0. The fourth-order valence-electron chi connectivity index (χ4n) is 4.13. The van der Waals surface area contributed by atoms with Crippen LogP contribution in [-0.4, -0.2) is 23.4 Å². The molecule has 0 amide bonds. The lowest BCUT2D eigenvalue weighted by molar-refractivity contribution is -0.110. The Hall–Kier alpha value is -0.900. The Bertz CT molecular complexity index is 477. The first-order valence-electron chi connectivity index (χ1n) is 8.80. The first-order valence-corrected chi connectivity index (χ1v) is 8.80. The fourth-order valence-corrected chi connectivity index (χ4v) is 4.13. The molecule has 3 nitrogen and oxygen atoms in total. The molecule has 3 heteroatoms. The van der Waals surface area contributed by atoms with Gasteiger partial charge in [0.2, 0.25) is 0 Å².